The number of Topliss-reactive ketones (excluding diaryl/α,β-unsaturated/α-hetero) is 1. The molecule has 1 aromatic rings. The number of hydrogen-bond donors (Lipinski definition) is 0. The molecule has 11 heteroatoms. The van der Waals surface area contributed by atoms with Gasteiger partial charge in [-0.2, -0.15) is 0 Å². The first-order valence-electron chi connectivity index (χ1n) is 12.3. The molecule has 0 aliphatic carbocycles. The number of carbonyl (C=O) groups excluding carboxylic acids is 3. The summed E-state index contributed by atoms with van der Waals surface area (Å²) in [6.45, 7) is 14.4. The van der Waals surface area contributed by atoms with E-state index in [0.717, 1.165) is 12.1 Å². The molecule has 202 valence electrons. The molecule has 0 radical (unpaired) electrons. The lowest BCUT2D eigenvalue weighted by Crippen LogP contribution is -2.41. The summed E-state index contributed by atoms with van der Waals surface area (Å²) in [6.07, 6.45) is -0.0861. The lowest BCUT2D eigenvalue weighted by atomic mass is 10.1. The highest BCUT2D eigenvalue weighted by Crippen LogP contribution is 2.32. The van der Waals surface area contributed by atoms with E-state index in [-0.39, 0.29) is 49.4 Å². The lowest BCUT2D eigenvalue weighted by Gasteiger charge is -2.24. The highest BCUT2D eigenvalue weighted by molar-refractivity contribution is 6.76. The molecule has 1 heterocycles. The van der Waals surface area contributed by atoms with E-state index in [1.165, 1.54) is 12.0 Å². The number of rotatable bonds is 14. The monoisotopic (exact) mass is 539 g/mol. The van der Waals surface area contributed by atoms with Gasteiger partial charge in [-0.3, -0.25) is 9.59 Å². The van der Waals surface area contributed by atoms with Crippen LogP contribution in [0.2, 0.25) is 51.4 Å². The summed E-state index contributed by atoms with van der Waals surface area (Å²) in [7, 11) is -1.28. The van der Waals surface area contributed by atoms with Gasteiger partial charge in [0, 0.05) is 35.8 Å². The van der Waals surface area contributed by atoms with E-state index in [0.29, 0.717) is 13.2 Å². The fraction of sp³-hybridized carbons (Fsp3) is 0.640. The van der Waals surface area contributed by atoms with E-state index in [4.69, 9.17) is 23.7 Å². The largest absolute Gasteiger partial charge is 0.467 e. The standard InChI is InChI=1S/C25H41NO8Si2/c1-30-25(29)20-15-19(27)16-26(20)24(28)23-21(33-17-31-11-13-35(2,3)4)9-8-10-22(23)34-18-32-12-14-36(5,6)7/h8-10,20H,11-18H2,1-7H3/t20-/m0/s1. The summed E-state index contributed by atoms with van der Waals surface area (Å²) in [4.78, 5) is 39.3. The molecule has 1 amide bonds. The maximum atomic E-state index is 13.6. The van der Waals surface area contributed by atoms with Crippen LogP contribution in [0.25, 0.3) is 0 Å². The highest BCUT2D eigenvalue weighted by atomic mass is 28.3. The first-order valence-corrected chi connectivity index (χ1v) is 19.7. The molecule has 1 atom stereocenters. The molecule has 1 aliphatic heterocycles. The minimum atomic E-state index is -1.25. The maximum Gasteiger partial charge on any atom is 0.329 e. The molecular formula is C25H41NO8Si2. The quantitative estimate of drug-likeness (QED) is 0.151. The van der Waals surface area contributed by atoms with Gasteiger partial charge in [0.15, 0.2) is 19.4 Å². The molecule has 36 heavy (non-hydrogen) atoms. The van der Waals surface area contributed by atoms with Crippen molar-refractivity contribution in [2.24, 2.45) is 0 Å². The summed E-state index contributed by atoms with van der Waals surface area (Å²) in [6, 6.07) is 5.96. The summed E-state index contributed by atoms with van der Waals surface area (Å²) in [5, 5.41) is 0. The third-order valence-electron chi connectivity index (χ3n) is 5.67. The van der Waals surface area contributed by atoms with Crippen LogP contribution in [0, 0.1) is 0 Å². The van der Waals surface area contributed by atoms with Crippen molar-refractivity contribution >= 4 is 33.8 Å². The van der Waals surface area contributed by atoms with Crippen LogP contribution < -0.4 is 9.47 Å². The Bertz CT molecular complexity index is 868. The third-order valence-corrected chi connectivity index (χ3v) is 9.08. The Balaban J connectivity index is 2.21. The normalized spacial score (nSPS) is 16.2. The van der Waals surface area contributed by atoms with Crippen LogP contribution in [0.15, 0.2) is 18.2 Å². The molecule has 1 aliphatic rings. The molecule has 0 saturated carbocycles. The van der Waals surface area contributed by atoms with Crippen LogP contribution in [-0.2, 0) is 23.8 Å². The van der Waals surface area contributed by atoms with Crippen LogP contribution in [0.3, 0.4) is 0 Å². The van der Waals surface area contributed by atoms with Gasteiger partial charge in [-0.15, -0.1) is 0 Å². The van der Waals surface area contributed by atoms with Crippen LogP contribution in [0.5, 0.6) is 11.5 Å². The number of esters is 1. The SMILES string of the molecule is COC(=O)[C@@H]1CC(=O)CN1C(=O)c1c(OCOCC[Si](C)(C)C)cccc1OCOCC[Si](C)(C)C. The summed E-state index contributed by atoms with van der Waals surface area (Å²) < 4.78 is 27.8. The van der Waals surface area contributed by atoms with Gasteiger partial charge in [0.2, 0.25) is 0 Å². The molecule has 1 saturated heterocycles. The molecule has 0 aromatic heterocycles. The Morgan fingerprint density at radius 2 is 1.42 bits per heavy atom. The van der Waals surface area contributed by atoms with Gasteiger partial charge in [-0.05, 0) is 24.2 Å². The van der Waals surface area contributed by atoms with Gasteiger partial charge in [0.05, 0.1) is 13.7 Å². The summed E-state index contributed by atoms with van der Waals surface area (Å²) >= 11 is 0. The van der Waals surface area contributed by atoms with Crippen molar-refractivity contribution in [3.63, 3.8) is 0 Å². The summed E-state index contributed by atoms with van der Waals surface area (Å²) in [5.41, 5.74) is 0.115. The van der Waals surface area contributed by atoms with E-state index in [1.807, 2.05) is 0 Å². The smallest absolute Gasteiger partial charge is 0.329 e. The molecule has 0 unspecified atom stereocenters. The van der Waals surface area contributed by atoms with Crippen molar-refractivity contribution in [2.45, 2.75) is 63.8 Å². The molecule has 1 aromatic carbocycles. The fourth-order valence-electron chi connectivity index (χ4n) is 3.44. The molecule has 0 N–H and O–H groups in total. The highest BCUT2D eigenvalue weighted by Gasteiger charge is 2.41. The zero-order valence-corrected chi connectivity index (χ0v) is 24.7. The van der Waals surface area contributed by atoms with Gasteiger partial charge in [-0.25, -0.2) is 4.79 Å². The minimum absolute atomic E-state index is 0.0414. The Labute approximate surface area is 216 Å². The maximum absolute atomic E-state index is 13.6. The van der Waals surface area contributed by atoms with E-state index in [1.54, 1.807) is 18.2 Å². The number of benzene rings is 1. The third kappa shape index (κ3) is 9.68. The Morgan fingerprint density at radius 3 is 1.86 bits per heavy atom. The number of ketones is 1. The average Bonchev–Trinajstić information content (AvgIpc) is 3.18. The number of nitrogens with zero attached hydrogens (tertiary/aromatic N) is 1. The van der Waals surface area contributed by atoms with Gasteiger partial charge >= 0.3 is 5.97 Å². The minimum Gasteiger partial charge on any atom is -0.467 e. The van der Waals surface area contributed by atoms with Crippen LogP contribution in [0.4, 0.5) is 0 Å². The van der Waals surface area contributed by atoms with Crippen molar-refractivity contribution in [3.8, 4) is 11.5 Å². The van der Waals surface area contributed by atoms with Crippen molar-refractivity contribution < 1.29 is 38.1 Å². The number of hydrogen-bond acceptors (Lipinski definition) is 8. The molecule has 2 rings (SSSR count). The number of methoxy groups -OCH3 is 1. The topological polar surface area (TPSA) is 101 Å². The predicted octanol–water partition coefficient (Wildman–Crippen LogP) is 4.03. The van der Waals surface area contributed by atoms with E-state index < -0.39 is 34.1 Å². The Kier molecular flexibility index (Phi) is 11.1. The van der Waals surface area contributed by atoms with Crippen LogP contribution in [0.1, 0.15) is 16.8 Å². The van der Waals surface area contributed by atoms with Crippen molar-refractivity contribution in [1.82, 2.24) is 4.90 Å². The second kappa shape index (κ2) is 13.4. The molecule has 0 bridgehead atoms. The van der Waals surface area contributed by atoms with E-state index in [9.17, 15) is 14.4 Å². The second-order valence-electron chi connectivity index (χ2n) is 11.3. The number of likely N-dealkylation sites (tertiary alicyclic amines) is 1. The van der Waals surface area contributed by atoms with Gasteiger partial charge < -0.3 is 28.6 Å². The van der Waals surface area contributed by atoms with Crippen molar-refractivity contribution in [1.29, 1.82) is 0 Å². The van der Waals surface area contributed by atoms with Gasteiger partial charge in [0.25, 0.3) is 5.91 Å². The van der Waals surface area contributed by atoms with Crippen LogP contribution >= 0.6 is 0 Å². The Hall–Kier alpha value is -2.22. The van der Waals surface area contributed by atoms with Crippen LogP contribution in [-0.4, -0.2) is 85.2 Å². The predicted molar refractivity (Wildman–Crippen MR) is 142 cm³/mol. The molecule has 0 spiro atoms. The lowest BCUT2D eigenvalue weighted by molar-refractivity contribution is -0.145. The van der Waals surface area contributed by atoms with Gasteiger partial charge in [-0.1, -0.05) is 45.3 Å². The zero-order valence-electron chi connectivity index (χ0n) is 22.7. The zero-order chi connectivity index (χ0) is 26.9. The first-order chi connectivity index (χ1) is 16.8. The first kappa shape index (κ1) is 30.0. The molecular weight excluding hydrogens is 498 g/mol. The number of amides is 1. The Morgan fingerprint density at radius 1 is 0.917 bits per heavy atom. The number of carbonyl (C=O) groups is 3. The van der Waals surface area contributed by atoms with E-state index in [2.05, 4.69) is 39.3 Å². The number of ether oxygens (including phenoxy) is 5. The van der Waals surface area contributed by atoms with Crippen molar-refractivity contribution in [3.05, 3.63) is 23.8 Å². The summed E-state index contributed by atoms with van der Waals surface area (Å²) in [5.74, 6) is -0.916. The van der Waals surface area contributed by atoms with E-state index >= 15 is 0 Å². The molecule has 9 nitrogen and oxygen atoms in total. The second-order valence-corrected chi connectivity index (χ2v) is 22.5. The van der Waals surface area contributed by atoms with Crippen molar-refractivity contribution in [2.75, 3.05) is 40.5 Å². The molecule has 1 fully saturated rings. The van der Waals surface area contributed by atoms with Gasteiger partial charge in [0.1, 0.15) is 23.1 Å². The average molecular weight is 540 g/mol. The fourth-order valence-corrected chi connectivity index (χ4v) is 4.95.